The number of amides is 1. The number of carbonyl (C=O) groups excluding carboxylic acids is 1. The Kier molecular flexibility index (Phi) is 6.97. The Balaban J connectivity index is 1.30. The van der Waals surface area contributed by atoms with E-state index in [1.54, 1.807) is 22.9 Å². The van der Waals surface area contributed by atoms with Gasteiger partial charge in [-0.1, -0.05) is 67.4 Å². The normalized spacial score (nSPS) is 10.9. The quantitative estimate of drug-likeness (QED) is 0.212. The van der Waals surface area contributed by atoms with Crippen LogP contribution in [0.25, 0.3) is 11.0 Å². The van der Waals surface area contributed by atoms with Crippen LogP contribution in [0.4, 0.5) is 11.4 Å². The summed E-state index contributed by atoms with van der Waals surface area (Å²) in [5, 5.41) is 23.6. The monoisotopic (exact) mass is 606 g/mol. The molecular weight excluding hydrogens is 588 g/mol. The highest BCUT2D eigenvalue weighted by Gasteiger charge is 2.14. The van der Waals surface area contributed by atoms with Gasteiger partial charge < -0.3 is 15.1 Å². The summed E-state index contributed by atoms with van der Waals surface area (Å²) in [6.07, 6.45) is 1.88. The highest BCUT2D eigenvalue weighted by atomic mass is 79.9. The number of hydrogen-bond acceptors (Lipinski definition) is 6. The maximum absolute atomic E-state index is 13.1. The summed E-state index contributed by atoms with van der Waals surface area (Å²) in [4.78, 5) is 13.1. The molecule has 5 rings (SSSR count). The summed E-state index contributed by atoms with van der Waals surface area (Å²) in [5.74, 6) is -0.434. The summed E-state index contributed by atoms with van der Waals surface area (Å²) in [5.41, 5.74) is 3.65. The minimum Gasteiger partial charge on any atom is -0.438 e. The highest BCUT2D eigenvalue weighted by Crippen LogP contribution is 2.27. The molecule has 0 radical (unpaired) electrons. The fraction of sp³-hybridized carbons (Fsp3) is 0.0769. The molecule has 0 aliphatic heterocycles. The second-order valence-corrected chi connectivity index (χ2v) is 9.89. The van der Waals surface area contributed by atoms with E-state index in [4.69, 9.17) is 9.83 Å². The second kappa shape index (κ2) is 10.5. The zero-order valence-electron chi connectivity index (χ0n) is 18.8. The van der Waals surface area contributed by atoms with Crippen molar-refractivity contribution in [3.63, 3.8) is 0 Å². The Morgan fingerprint density at radius 1 is 0.972 bits per heavy atom. The summed E-state index contributed by atoms with van der Waals surface area (Å²) in [7, 11) is 0. The van der Waals surface area contributed by atoms with Crippen molar-refractivity contribution in [3.05, 3.63) is 110 Å². The number of rotatable bonds is 7. The molecule has 0 saturated carbocycles. The summed E-state index contributed by atoms with van der Waals surface area (Å²) in [6, 6.07) is 22.5. The third-order valence-corrected chi connectivity index (χ3v) is 6.48. The van der Waals surface area contributed by atoms with Crippen LogP contribution in [0.3, 0.4) is 0 Å². The van der Waals surface area contributed by atoms with E-state index >= 15 is 0 Å². The van der Waals surface area contributed by atoms with E-state index < -0.39 is 5.91 Å². The van der Waals surface area contributed by atoms with Gasteiger partial charge in [0.05, 0.1) is 30.7 Å². The smallest absolute Gasteiger partial charge is 0.261 e. The average molecular weight is 608 g/mol. The van der Waals surface area contributed by atoms with Crippen molar-refractivity contribution < 1.29 is 9.21 Å². The van der Waals surface area contributed by atoms with E-state index in [0.717, 1.165) is 25.6 Å². The fourth-order valence-corrected chi connectivity index (χ4v) is 4.30. The molecule has 1 amide bonds. The maximum atomic E-state index is 13.1. The van der Waals surface area contributed by atoms with Gasteiger partial charge in [-0.15, -0.1) is 5.10 Å². The molecule has 0 atom stereocenters. The Labute approximate surface area is 223 Å². The Hall–Kier alpha value is -3.76. The van der Waals surface area contributed by atoms with Gasteiger partial charge in [0.1, 0.15) is 16.8 Å². The summed E-state index contributed by atoms with van der Waals surface area (Å²) in [6.45, 7) is 1.03. The molecule has 8 nitrogen and oxygen atoms in total. The van der Waals surface area contributed by atoms with Crippen LogP contribution in [0.15, 0.2) is 92.4 Å². The minimum atomic E-state index is -0.434. The number of para-hydroxylation sites is 1. The zero-order chi connectivity index (χ0) is 25.1. The Bertz CT molecular complexity index is 1610. The molecule has 3 aromatic carbocycles. The van der Waals surface area contributed by atoms with E-state index in [1.807, 2.05) is 60.8 Å². The van der Waals surface area contributed by atoms with Crippen molar-refractivity contribution in [1.82, 2.24) is 15.0 Å². The van der Waals surface area contributed by atoms with E-state index in [-0.39, 0.29) is 11.1 Å². The van der Waals surface area contributed by atoms with Crippen molar-refractivity contribution >= 4 is 60.1 Å². The van der Waals surface area contributed by atoms with Crippen LogP contribution < -0.4 is 16.2 Å². The number of fused-ring (bicyclic) bond motifs is 1. The molecule has 0 spiro atoms. The largest absolute Gasteiger partial charge is 0.438 e. The Morgan fingerprint density at radius 3 is 2.58 bits per heavy atom. The van der Waals surface area contributed by atoms with E-state index in [2.05, 4.69) is 52.8 Å². The molecule has 0 fully saturated rings. The Morgan fingerprint density at radius 2 is 1.75 bits per heavy atom. The van der Waals surface area contributed by atoms with Crippen LogP contribution in [0.5, 0.6) is 0 Å². The van der Waals surface area contributed by atoms with Crippen molar-refractivity contribution in [3.8, 4) is 0 Å². The summed E-state index contributed by atoms with van der Waals surface area (Å²) >= 11 is 6.90. The first-order chi connectivity index (χ1) is 17.4. The van der Waals surface area contributed by atoms with Gasteiger partial charge in [0.25, 0.3) is 5.91 Å². The van der Waals surface area contributed by atoms with Crippen LogP contribution in [0.2, 0.25) is 0 Å². The number of nitrogens with one attached hydrogen (secondary N) is 3. The SMILES string of the molecule is N=c1oc2ccccc2cc1C(=O)Nc1cc(Br)ccc1NCc1cn(Cc2ccc(Br)cc2)nn1. The molecule has 0 aliphatic carbocycles. The number of nitrogens with zero attached hydrogens (tertiary/aromatic N) is 3. The first-order valence-corrected chi connectivity index (χ1v) is 12.6. The topological polar surface area (TPSA) is 109 Å². The lowest BCUT2D eigenvalue weighted by atomic mass is 10.1. The third-order valence-electron chi connectivity index (χ3n) is 5.45. The van der Waals surface area contributed by atoms with Gasteiger partial charge >= 0.3 is 0 Å². The molecular formula is C26H20Br2N6O2. The van der Waals surface area contributed by atoms with E-state index in [9.17, 15) is 4.79 Å². The summed E-state index contributed by atoms with van der Waals surface area (Å²) < 4.78 is 9.14. The average Bonchev–Trinajstić information content (AvgIpc) is 3.31. The van der Waals surface area contributed by atoms with Crippen molar-refractivity contribution in [1.29, 1.82) is 5.41 Å². The lowest BCUT2D eigenvalue weighted by Gasteiger charge is -2.13. The van der Waals surface area contributed by atoms with Gasteiger partial charge in [-0.2, -0.15) is 0 Å². The fourth-order valence-electron chi connectivity index (χ4n) is 3.67. The standard InChI is InChI=1S/C26H20Br2N6O2/c27-18-7-5-16(6-8-18)14-34-15-20(32-33-34)13-30-22-10-9-19(28)12-23(22)31-26(35)21-11-17-3-1-2-4-24(17)36-25(21)29/h1-12,15,29-30H,13-14H2,(H,31,35). The lowest BCUT2D eigenvalue weighted by molar-refractivity contribution is 0.102. The predicted molar refractivity (Wildman–Crippen MR) is 145 cm³/mol. The van der Waals surface area contributed by atoms with Crippen LogP contribution in [-0.4, -0.2) is 20.9 Å². The molecule has 5 aromatic rings. The molecule has 36 heavy (non-hydrogen) atoms. The van der Waals surface area contributed by atoms with Gasteiger partial charge in [-0.25, -0.2) is 4.68 Å². The first kappa shape index (κ1) is 24.0. The number of benzene rings is 3. The number of carbonyl (C=O) groups is 1. The van der Waals surface area contributed by atoms with Crippen molar-refractivity contribution in [2.24, 2.45) is 0 Å². The van der Waals surface area contributed by atoms with Gasteiger partial charge in [0.2, 0.25) is 5.55 Å². The molecule has 10 heteroatoms. The highest BCUT2D eigenvalue weighted by molar-refractivity contribution is 9.10. The first-order valence-electron chi connectivity index (χ1n) is 11.0. The van der Waals surface area contributed by atoms with Crippen LogP contribution in [0.1, 0.15) is 21.6 Å². The van der Waals surface area contributed by atoms with Crippen molar-refractivity contribution in [2.45, 2.75) is 13.1 Å². The number of aromatic nitrogens is 3. The minimum absolute atomic E-state index is 0.149. The lowest BCUT2D eigenvalue weighted by Crippen LogP contribution is -2.21. The number of hydrogen-bond donors (Lipinski definition) is 3. The number of halogens is 2. The van der Waals surface area contributed by atoms with Crippen LogP contribution in [0, 0.1) is 5.41 Å². The van der Waals surface area contributed by atoms with E-state index in [1.165, 1.54) is 0 Å². The zero-order valence-corrected chi connectivity index (χ0v) is 22.0. The van der Waals surface area contributed by atoms with Crippen LogP contribution >= 0.6 is 31.9 Å². The van der Waals surface area contributed by atoms with Gasteiger partial charge in [0, 0.05) is 14.3 Å². The third kappa shape index (κ3) is 5.55. The molecule has 0 bridgehead atoms. The van der Waals surface area contributed by atoms with Gasteiger partial charge in [-0.05, 0) is 48.0 Å². The van der Waals surface area contributed by atoms with Gasteiger partial charge in [0.15, 0.2) is 0 Å². The predicted octanol–water partition coefficient (Wildman–Crippen LogP) is 5.94. The number of anilines is 2. The molecule has 0 saturated heterocycles. The molecule has 0 aliphatic rings. The molecule has 180 valence electrons. The molecule has 2 heterocycles. The van der Waals surface area contributed by atoms with Gasteiger partial charge in [-0.3, -0.25) is 10.2 Å². The van der Waals surface area contributed by atoms with Crippen LogP contribution in [-0.2, 0) is 13.1 Å². The molecule has 3 N–H and O–H groups in total. The molecule has 0 unspecified atom stereocenters. The molecule has 2 aromatic heterocycles. The van der Waals surface area contributed by atoms with E-state index in [0.29, 0.717) is 30.0 Å². The second-order valence-electron chi connectivity index (χ2n) is 8.06. The maximum Gasteiger partial charge on any atom is 0.261 e. The van der Waals surface area contributed by atoms with Crippen molar-refractivity contribution in [2.75, 3.05) is 10.6 Å².